The molecule has 1 N–H and O–H groups in total. The van der Waals surface area contributed by atoms with Gasteiger partial charge in [0.25, 0.3) is 0 Å². The topological polar surface area (TPSA) is 61.9 Å². The molecule has 0 aromatic heterocycles. The molecule has 7 heteroatoms. The van der Waals surface area contributed by atoms with E-state index >= 15 is 0 Å². The van der Waals surface area contributed by atoms with E-state index < -0.39 is 5.41 Å². The minimum absolute atomic E-state index is 0.0198. The van der Waals surface area contributed by atoms with Crippen LogP contribution in [0.3, 0.4) is 0 Å². The molecule has 2 amide bonds. The molecule has 0 radical (unpaired) electrons. The third-order valence-corrected chi connectivity index (χ3v) is 5.67. The highest BCUT2D eigenvalue weighted by molar-refractivity contribution is 5.89. The van der Waals surface area contributed by atoms with Gasteiger partial charge >= 0.3 is 0 Å². The Morgan fingerprint density at radius 3 is 2.37 bits per heavy atom. The Labute approximate surface area is 159 Å². The molecular formula is C20H28FN3O3. The number of piperazine rings is 1. The van der Waals surface area contributed by atoms with Crippen molar-refractivity contribution >= 4 is 11.8 Å². The maximum Gasteiger partial charge on any atom is 0.234 e. The summed E-state index contributed by atoms with van der Waals surface area (Å²) in [5, 5.41) is 2.82. The zero-order valence-electron chi connectivity index (χ0n) is 15.9. The Bertz CT molecular complexity index is 653. The van der Waals surface area contributed by atoms with Crippen molar-refractivity contribution in [1.82, 2.24) is 15.1 Å². The number of nitrogens with one attached hydrogen (secondary N) is 1. The molecule has 0 atom stereocenters. The summed E-state index contributed by atoms with van der Waals surface area (Å²) in [6, 6.07) is 6.35. The molecular weight excluding hydrogens is 349 g/mol. The van der Waals surface area contributed by atoms with Gasteiger partial charge in [0.15, 0.2) is 0 Å². The summed E-state index contributed by atoms with van der Waals surface area (Å²) in [4.78, 5) is 29.1. The summed E-state index contributed by atoms with van der Waals surface area (Å²) in [5.74, 6) is -0.156. The number of hydrogen-bond acceptors (Lipinski definition) is 4. The minimum Gasteiger partial charge on any atom is -0.383 e. The van der Waals surface area contributed by atoms with Crippen LogP contribution in [-0.4, -0.2) is 74.6 Å². The highest BCUT2D eigenvalue weighted by Crippen LogP contribution is 2.45. The highest BCUT2D eigenvalue weighted by atomic mass is 19.1. The van der Waals surface area contributed by atoms with Crippen LogP contribution < -0.4 is 5.32 Å². The fraction of sp³-hybridized carbons (Fsp3) is 0.600. The molecule has 1 saturated heterocycles. The van der Waals surface area contributed by atoms with E-state index in [0.29, 0.717) is 45.9 Å². The first-order valence-corrected chi connectivity index (χ1v) is 9.58. The number of rotatable bonds is 7. The SMILES string of the molecule is COCCNC(=O)CN1CCN(C(=O)C2(c3ccc(F)cc3)CCC2)CC1. The second-order valence-electron chi connectivity index (χ2n) is 7.35. The van der Waals surface area contributed by atoms with Crippen molar-refractivity contribution in [2.75, 3.05) is 53.0 Å². The average molecular weight is 377 g/mol. The van der Waals surface area contributed by atoms with Gasteiger partial charge in [-0.15, -0.1) is 0 Å². The smallest absolute Gasteiger partial charge is 0.234 e. The standard InChI is InChI=1S/C20H28FN3O3/c1-27-14-9-22-18(25)15-23-10-12-24(13-11-23)19(26)20(7-2-8-20)16-3-5-17(21)6-4-16/h3-6H,2,7-15H2,1H3,(H,22,25). The molecule has 2 aliphatic rings. The van der Waals surface area contributed by atoms with Gasteiger partial charge in [0.1, 0.15) is 5.82 Å². The second kappa shape index (κ2) is 8.80. The lowest BCUT2D eigenvalue weighted by Crippen LogP contribution is -2.57. The van der Waals surface area contributed by atoms with Crippen LogP contribution in [0.1, 0.15) is 24.8 Å². The molecule has 1 heterocycles. The molecule has 1 aromatic carbocycles. The lowest BCUT2D eigenvalue weighted by molar-refractivity contribution is -0.142. The van der Waals surface area contributed by atoms with Crippen molar-refractivity contribution in [1.29, 1.82) is 0 Å². The summed E-state index contributed by atoms with van der Waals surface area (Å²) < 4.78 is 18.2. The van der Waals surface area contributed by atoms with Gasteiger partial charge in [-0.1, -0.05) is 18.6 Å². The van der Waals surface area contributed by atoms with E-state index in [2.05, 4.69) is 10.2 Å². The normalized spacial score (nSPS) is 19.4. The Morgan fingerprint density at radius 2 is 1.81 bits per heavy atom. The van der Waals surface area contributed by atoms with E-state index in [-0.39, 0.29) is 17.6 Å². The van der Waals surface area contributed by atoms with E-state index in [1.807, 2.05) is 4.90 Å². The summed E-state index contributed by atoms with van der Waals surface area (Å²) >= 11 is 0. The molecule has 6 nitrogen and oxygen atoms in total. The number of halogens is 1. The van der Waals surface area contributed by atoms with Crippen LogP contribution in [0.15, 0.2) is 24.3 Å². The summed E-state index contributed by atoms with van der Waals surface area (Å²) in [6.07, 6.45) is 2.66. The fourth-order valence-corrected chi connectivity index (χ4v) is 3.89. The molecule has 2 fully saturated rings. The lowest BCUT2D eigenvalue weighted by Gasteiger charge is -2.46. The van der Waals surface area contributed by atoms with Crippen molar-refractivity contribution in [2.45, 2.75) is 24.7 Å². The van der Waals surface area contributed by atoms with E-state index in [1.165, 1.54) is 12.1 Å². The van der Waals surface area contributed by atoms with Crippen LogP contribution in [-0.2, 0) is 19.7 Å². The van der Waals surface area contributed by atoms with Crippen LogP contribution in [0.4, 0.5) is 4.39 Å². The lowest BCUT2D eigenvalue weighted by atomic mass is 9.63. The first-order chi connectivity index (χ1) is 13.0. The second-order valence-corrected chi connectivity index (χ2v) is 7.35. The molecule has 1 aromatic rings. The molecule has 1 aliphatic carbocycles. The fourth-order valence-electron chi connectivity index (χ4n) is 3.89. The summed E-state index contributed by atoms with van der Waals surface area (Å²) in [6.45, 7) is 3.95. The van der Waals surface area contributed by atoms with E-state index in [0.717, 1.165) is 24.8 Å². The highest BCUT2D eigenvalue weighted by Gasteiger charge is 2.47. The maximum absolute atomic E-state index is 13.3. The quantitative estimate of drug-likeness (QED) is 0.725. The predicted octanol–water partition coefficient (Wildman–Crippen LogP) is 1.15. The van der Waals surface area contributed by atoms with E-state index in [4.69, 9.17) is 4.74 Å². The van der Waals surface area contributed by atoms with Gasteiger partial charge in [0.05, 0.1) is 18.6 Å². The van der Waals surface area contributed by atoms with Gasteiger partial charge in [0, 0.05) is 39.8 Å². The van der Waals surface area contributed by atoms with E-state index in [9.17, 15) is 14.0 Å². The minimum atomic E-state index is -0.493. The molecule has 1 aliphatic heterocycles. The van der Waals surface area contributed by atoms with Crippen LogP contribution >= 0.6 is 0 Å². The van der Waals surface area contributed by atoms with Gasteiger partial charge in [-0.25, -0.2) is 4.39 Å². The predicted molar refractivity (Wildman–Crippen MR) is 99.8 cm³/mol. The van der Waals surface area contributed by atoms with Crippen LogP contribution in [0.2, 0.25) is 0 Å². The van der Waals surface area contributed by atoms with Crippen LogP contribution in [0.25, 0.3) is 0 Å². The molecule has 0 unspecified atom stereocenters. The molecule has 27 heavy (non-hydrogen) atoms. The van der Waals surface area contributed by atoms with E-state index in [1.54, 1.807) is 19.2 Å². The number of ether oxygens (including phenoxy) is 1. The number of carbonyl (C=O) groups excluding carboxylic acids is 2. The van der Waals surface area contributed by atoms with Gasteiger partial charge < -0.3 is 15.0 Å². The Morgan fingerprint density at radius 1 is 1.15 bits per heavy atom. The van der Waals surface area contributed by atoms with Gasteiger partial charge in [-0.05, 0) is 30.5 Å². The number of amides is 2. The summed E-state index contributed by atoms with van der Waals surface area (Å²) in [7, 11) is 1.60. The van der Waals surface area contributed by atoms with Gasteiger partial charge in [-0.2, -0.15) is 0 Å². The Kier molecular flexibility index (Phi) is 6.44. The van der Waals surface area contributed by atoms with Crippen molar-refractivity contribution < 1.29 is 18.7 Å². The zero-order chi connectivity index (χ0) is 19.3. The third kappa shape index (κ3) is 4.47. The molecule has 0 spiro atoms. The van der Waals surface area contributed by atoms with Crippen molar-refractivity contribution in [2.24, 2.45) is 0 Å². The Hall–Kier alpha value is -1.99. The van der Waals surface area contributed by atoms with Crippen molar-refractivity contribution in [3.8, 4) is 0 Å². The summed E-state index contributed by atoms with van der Waals surface area (Å²) in [5.41, 5.74) is 0.424. The number of methoxy groups -OCH3 is 1. The molecule has 0 bridgehead atoms. The monoisotopic (exact) mass is 377 g/mol. The van der Waals surface area contributed by atoms with Gasteiger partial charge in [0.2, 0.25) is 11.8 Å². The average Bonchev–Trinajstić information content (AvgIpc) is 2.63. The number of nitrogens with zero attached hydrogens (tertiary/aromatic N) is 2. The maximum atomic E-state index is 13.3. The third-order valence-electron chi connectivity index (χ3n) is 5.67. The number of hydrogen-bond donors (Lipinski definition) is 1. The number of benzene rings is 1. The largest absolute Gasteiger partial charge is 0.383 e. The van der Waals surface area contributed by atoms with Crippen molar-refractivity contribution in [3.05, 3.63) is 35.6 Å². The Balaban J connectivity index is 1.53. The first kappa shape index (κ1) is 19.8. The van der Waals surface area contributed by atoms with Crippen molar-refractivity contribution in [3.63, 3.8) is 0 Å². The van der Waals surface area contributed by atoms with Crippen LogP contribution in [0.5, 0.6) is 0 Å². The number of carbonyl (C=O) groups is 2. The zero-order valence-corrected chi connectivity index (χ0v) is 15.9. The van der Waals surface area contributed by atoms with Crippen LogP contribution in [0, 0.1) is 5.82 Å². The molecule has 148 valence electrons. The first-order valence-electron chi connectivity index (χ1n) is 9.58. The molecule has 1 saturated carbocycles. The van der Waals surface area contributed by atoms with Gasteiger partial charge in [-0.3, -0.25) is 14.5 Å². The molecule has 3 rings (SSSR count).